The third-order valence-electron chi connectivity index (χ3n) is 2.84. The fourth-order valence-corrected chi connectivity index (χ4v) is 1.98. The summed E-state index contributed by atoms with van der Waals surface area (Å²) in [5.74, 6) is -0.293. The summed E-state index contributed by atoms with van der Waals surface area (Å²) in [4.78, 5) is 12.1. The minimum Gasteiger partial charge on any atom is -0.506 e. The van der Waals surface area contributed by atoms with Crippen molar-refractivity contribution in [2.75, 3.05) is 5.32 Å². The third kappa shape index (κ3) is 3.06. The highest BCUT2D eigenvalue weighted by Crippen LogP contribution is 2.24. The molecule has 1 amide bonds. The second kappa shape index (κ2) is 5.33. The molecule has 2 aromatic rings. The number of halogens is 1. The van der Waals surface area contributed by atoms with Crippen molar-refractivity contribution in [3.63, 3.8) is 0 Å². The van der Waals surface area contributed by atoms with Gasteiger partial charge in [0.25, 0.3) is 5.91 Å². The molecule has 3 nitrogen and oxygen atoms in total. The average molecular weight is 276 g/mol. The fraction of sp³-hybridized carbons (Fsp3) is 0.133. The lowest BCUT2D eigenvalue weighted by Crippen LogP contribution is -2.12. The zero-order chi connectivity index (χ0) is 14.0. The minimum absolute atomic E-state index is 0.0373. The van der Waals surface area contributed by atoms with Crippen LogP contribution in [0.2, 0.25) is 5.02 Å². The Bertz CT molecular complexity index is 638. The number of phenolic OH excluding ortho intramolecular Hbond substituents is 1. The number of benzene rings is 2. The first-order chi connectivity index (χ1) is 8.97. The van der Waals surface area contributed by atoms with Gasteiger partial charge >= 0.3 is 0 Å². The van der Waals surface area contributed by atoms with Gasteiger partial charge in [-0.25, -0.2) is 0 Å². The van der Waals surface area contributed by atoms with Crippen LogP contribution in [0.4, 0.5) is 5.69 Å². The van der Waals surface area contributed by atoms with Crippen molar-refractivity contribution in [1.82, 2.24) is 0 Å². The summed E-state index contributed by atoms with van der Waals surface area (Å²) in [6.07, 6.45) is 0. The van der Waals surface area contributed by atoms with Crippen LogP contribution in [0.3, 0.4) is 0 Å². The quantitative estimate of drug-likeness (QED) is 0.873. The van der Waals surface area contributed by atoms with Crippen molar-refractivity contribution in [3.8, 4) is 5.75 Å². The highest BCUT2D eigenvalue weighted by atomic mass is 35.5. The van der Waals surface area contributed by atoms with Crippen molar-refractivity contribution in [1.29, 1.82) is 0 Å². The molecule has 0 atom stereocenters. The monoisotopic (exact) mass is 275 g/mol. The van der Waals surface area contributed by atoms with E-state index < -0.39 is 0 Å². The van der Waals surface area contributed by atoms with Crippen LogP contribution in [-0.4, -0.2) is 11.0 Å². The van der Waals surface area contributed by atoms with Gasteiger partial charge in [-0.05, 0) is 43.7 Å². The predicted molar refractivity (Wildman–Crippen MR) is 77.0 cm³/mol. The maximum Gasteiger partial charge on any atom is 0.255 e. The third-order valence-corrected chi connectivity index (χ3v) is 3.14. The van der Waals surface area contributed by atoms with E-state index in [1.54, 1.807) is 0 Å². The van der Waals surface area contributed by atoms with E-state index in [1.165, 1.54) is 18.2 Å². The predicted octanol–water partition coefficient (Wildman–Crippen LogP) is 3.91. The van der Waals surface area contributed by atoms with Gasteiger partial charge in [0.2, 0.25) is 0 Å². The van der Waals surface area contributed by atoms with Crippen LogP contribution < -0.4 is 5.32 Å². The number of rotatable bonds is 2. The molecule has 2 rings (SSSR count). The molecule has 0 aliphatic heterocycles. The molecule has 0 bridgehead atoms. The molecule has 0 aliphatic carbocycles. The normalized spacial score (nSPS) is 10.3. The van der Waals surface area contributed by atoms with E-state index in [2.05, 4.69) is 5.32 Å². The number of carbonyl (C=O) groups is 1. The molecule has 2 N–H and O–H groups in total. The van der Waals surface area contributed by atoms with Crippen molar-refractivity contribution in [2.24, 2.45) is 0 Å². The summed E-state index contributed by atoms with van der Waals surface area (Å²) in [7, 11) is 0. The topological polar surface area (TPSA) is 49.3 Å². The molecule has 98 valence electrons. The van der Waals surface area contributed by atoms with Crippen LogP contribution in [0.5, 0.6) is 5.75 Å². The molecule has 19 heavy (non-hydrogen) atoms. The number of aryl methyl sites for hydroxylation is 2. The van der Waals surface area contributed by atoms with Gasteiger partial charge in [-0.15, -0.1) is 0 Å². The maximum atomic E-state index is 12.1. The number of carbonyl (C=O) groups excluding carboxylic acids is 1. The first kappa shape index (κ1) is 13.4. The van der Waals surface area contributed by atoms with Gasteiger partial charge in [-0.3, -0.25) is 4.79 Å². The van der Waals surface area contributed by atoms with Crippen LogP contribution in [0, 0.1) is 13.8 Å². The Balaban J connectivity index is 2.23. The van der Waals surface area contributed by atoms with Gasteiger partial charge in [0.1, 0.15) is 5.75 Å². The Hall–Kier alpha value is -2.00. The summed E-state index contributed by atoms with van der Waals surface area (Å²) in [5.41, 5.74) is 3.31. The van der Waals surface area contributed by atoms with E-state index in [1.807, 2.05) is 32.0 Å². The summed E-state index contributed by atoms with van der Waals surface area (Å²) in [6, 6.07) is 10.2. The second-order valence-corrected chi connectivity index (χ2v) is 4.85. The van der Waals surface area contributed by atoms with Gasteiger partial charge in [0.05, 0.1) is 5.02 Å². The molecule has 0 aliphatic rings. The number of nitrogens with one attached hydrogen (secondary N) is 1. The molecule has 0 heterocycles. The first-order valence-corrected chi connectivity index (χ1v) is 6.22. The van der Waals surface area contributed by atoms with Crippen LogP contribution in [0.25, 0.3) is 0 Å². The molecular formula is C15H14ClNO2. The second-order valence-electron chi connectivity index (χ2n) is 4.44. The number of anilines is 1. The van der Waals surface area contributed by atoms with Gasteiger partial charge in [0, 0.05) is 11.3 Å². The van der Waals surface area contributed by atoms with Gasteiger partial charge in [-0.2, -0.15) is 0 Å². The van der Waals surface area contributed by atoms with E-state index in [0.717, 1.165) is 16.8 Å². The summed E-state index contributed by atoms with van der Waals surface area (Å²) in [5, 5.41) is 12.3. The van der Waals surface area contributed by atoms with Crippen LogP contribution in [-0.2, 0) is 0 Å². The summed E-state index contributed by atoms with van der Waals surface area (Å²) < 4.78 is 0. The molecule has 0 saturated heterocycles. The largest absolute Gasteiger partial charge is 0.506 e. The first-order valence-electron chi connectivity index (χ1n) is 5.84. The lowest BCUT2D eigenvalue weighted by molar-refractivity contribution is 0.102. The molecule has 0 saturated carbocycles. The van der Waals surface area contributed by atoms with Gasteiger partial charge in [0.15, 0.2) is 0 Å². The molecule has 0 unspecified atom stereocenters. The molecule has 0 fully saturated rings. The average Bonchev–Trinajstić information content (AvgIpc) is 2.36. The number of aromatic hydroxyl groups is 1. The maximum absolute atomic E-state index is 12.1. The fourth-order valence-electron chi connectivity index (χ4n) is 1.80. The lowest BCUT2D eigenvalue weighted by atomic mass is 10.1. The SMILES string of the molecule is Cc1ccc(NC(=O)c2ccc(O)c(Cl)c2)c(C)c1. The Morgan fingerprint density at radius 2 is 1.89 bits per heavy atom. The summed E-state index contributed by atoms with van der Waals surface area (Å²) in [6.45, 7) is 3.94. The summed E-state index contributed by atoms with van der Waals surface area (Å²) >= 11 is 5.78. The van der Waals surface area contributed by atoms with Gasteiger partial charge in [-0.1, -0.05) is 29.3 Å². The standard InChI is InChI=1S/C15H14ClNO2/c1-9-3-5-13(10(2)7-9)17-15(19)11-4-6-14(18)12(16)8-11/h3-8,18H,1-2H3,(H,17,19). The molecule has 0 aromatic heterocycles. The van der Waals surface area contributed by atoms with Crippen LogP contribution in [0.1, 0.15) is 21.5 Å². The zero-order valence-electron chi connectivity index (χ0n) is 10.7. The van der Waals surface area contributed by atoms with Crippen LogP contribution in [0.15, 0.2) is 36.4 Å². The van der Waals surface area contributed by atoms with Gasteiger partial charge < -0.3 is 10.4 Å². The minimum atomic E-state index is -0.256. The molecule has 0 radical (unpaired) electrons. The Kier molecular flexibility index (Phi) is 3.76. The zero-order valence-corrected chi connectivity index (χ0v) is 11.5. The van der Waals surface area contributed by atoms with E-state index >= 15 is 0 Å². The molecule has 0 spiro atoms. The van der Waals surface area contributed by atoms with E-state index in [9.17, 15) is 9.90 Å². The Morgan fingerprint density at radius 1 is 1.16 bits per heavy atom. The van der Waals surface area contributed by atoms with Crippen molar-refractivity contribution in [2.45, 2.75) is 13.8 Å². The lowest BCUT2D eigenvalue weighted by Gasteiger charge is -2.09. The van der Waals surface area contributed by atoms with Crippen molar-refractivity contribution >= 4 is 23.2 Å². The highest BCUT2D eigenvalue weighted by molar-refractivity contribution is 6.32. The van der Waals surface area contributed by atoms with Crippen molar-refractivity contribution in [3.05, 3.63) is 58.1 Å². The molecular weight excluding hydrogens is 262 g/mol. The number of hydrogen-bond donors (Lipinski definition) is 2. The van der Waals surface area contributed by atoms with E-state index in [4.69, 9.17) is 11.6 Å². The smallest absolute Gasteiger partial charge is 0.255 e. The number of phenols is 1. The molecule has 4 heteroatoms. The van der Waals surface area contributed by atoms with Crippen molar-refractivity contribution < 1.29 is 9.90 Å². The Labute approximate surface area is 116 Å². The van der Waals surface area contributed by atoms with Crippen LogP contribution >= 0.6 is 11.6 Å². The van der Waals surface area contributed by atoms with E-state index in [-0.39, 0.29) is 16.7 Å². The number of amides is 1. The van der Waals surface area contributed by atoms with E-state index in [0.29, 0.717) is 5.56 Å². The number of hydrogen-bond acceptors (Lipinski definition) is 2. The molecule has 2 aromatic carbocycles. The highest BCUT2D eigenvalue weighted by Gasteiger charge is 2.09. The Morgan fingerprint density at radius 3 is 2.53 bits per heavy atom.